The summed E-state index contributed by atoms with van der Waals surface area (Å²) in [6.45, 7) is 3.52. The van der Waals surface area contributed by atoms with E-state index >= 15 is 0 Å². The Labute approximate surface area is 214 Å². The number of hydrogen-bond donors (Lipinski definition) is 2. The highest BCUT2D eigenvalue weighted by molar-refractivity contribution is 5.87. The molecule has 0 spiro atoms. The molecule has 186 valence electrons. The number of benzene rings is 3. The van der Waals surface area contributed by atoms with E-state index in [0.717, 1.165) is 40.3 Å². The molecule has 1 aliphatic rings. The van der Waals surface area contributed by atoms with Gasteiger partial charge in [0, 0.05) is 5.56 Å². The number of ether oxygens (including phenoxy) is 1. The molecule has 0 saturated heterocycles. The summed E-state index contributed by atoms with van der Waals surface area (Å²) in [5.74, 6) is 5.55. The summed E-state index contributed by atoms with van der Waals surface area (Å²) >= 11 is 0. The van der Waals surface area contributed by atoms with Gasteiger partial charge in [0.05, 0.1) is 5.41 Å². The van der Waals surface area contributed by atoms with Crippen molar-refractivity contribution in [3.63, 3.8) is 0 Å². The molecule has 1 fully saturated rings. The van der Waals surface area contributed by atoms with E-state index in [1.54, 1.807) is 13.8 Å². The summed E-state index contributed by atoms with van der Waals surface area (Å²) in [4.78, 5) is 24.0. The molecule has 37 heavy (non-hydrogen) atoms. The Morgan fingerprint density at radius 1 is 1.08 bits per heavy atom. The van der Waals surface area contributed by atoms with E-state index in [-0.39, 0.29) is 5.76 Å². The maximum atomic E-state index is 12.5. The first-order chi connectivity index (χ1) is 17.8. The number of aromatic nitrogens is 1. The predicted octanol–water partition coefficient (Wildman–Crippen LogP) is 6.25. The molecular weight excluding hydrogens is 468 g/mol. The molecule has 0 radical (unpaired) electrons. The van der Waals surface area contributed by atoms with Crippen LogP contribution in [-0.4, -0.2) is 22.3 Å². The van der Waals surface area contributed by atoms with Gasteiger partial charge in [0.15, 0.2) is 0 Å². The fraction of sp³-hybridized carbons (Fsp3) is 0.233. The van der Waals surface area contributed by atoms with E-state index in [1.165, 1.54) is 0 Å². The molecule has 1 amide bonds. The van der Waals surface area contributed by atoms with Gasteiger partial charge in [0.25, 0.3) is 0 Å². The summed E-state index contributed by atoms with van der Waals surface area (Å²) in [6.07, 6.45) is 0.969. The lowest BCUT2D eigenvalue weighted by molar-refractivity contribution is -0.143. The van der Waals surface area contributed by atoms with Gasteiger partial charge in [-0.1, -0.05) is 65.7 Å². The molecule has 0 unspecified atom stereocenters. The van der Waals surface area contributed by atoms with Gasteiger partial charge in [-0.25, -0.2) is 4.79 Å². The van der Waals surface area contributed by atoms with Gasteiger partial charge in [-0.05, 0) is 73.1 Å². The zero-order valence-electron chi connectivity index (χ0n) is 20.6. The summed E-state index contributed by atoms with van der Waals surface area (Å²) in [7, 11) is 0. The minimum Gasteiger partial charge on any atom is -0.481 e. The SMILES string of the molecule is Cc1noc(C#Cc2ccc3cc(CC4(C(=O)O)CC4)ccc3c2)c1NC(=O)O[C@H](C)c1ccccc1. The monoisotopic (exact) mass is 494 g/mol. The second kappa shape index (κ2) is 9.82. The van der Waals surface area contributed by atoms with Crippen LogP contribution < -0.4 is 5.32 Å². The van der Waals surface area contributed by atoms with Crippen LogP contribution in [-0.2, 0) is 16.0 Å². The fourth-order valence-corrected chi connectivity index (χ4v) is 4.31. The summed E-state index contributed by atoms with van der Waals surface area (Å²) in [5.41, 5.74) is 2.95. The van der Waals surface area contributed by atoms with Crippen LogP contribution in [0.1, 0.15) is 54.0 Å². The third-order valence-corrected chi connectivity index (χ3v) is 6.72. The average Bonchev–Trinajstić information content (AvgIpc) is 3.61. The van der Waals surface area contributed by atoms with Crippen LogP contribution in [0.3, 0.4) is 0 Å². The summed E-state index contributed by atoms with van der Waals surface area (Å²) in [6, 6.07) is 21.3. The molecule has 2 N–H and O–H groups in total. The molecule has 0 aliphatic heterocycles. The lowest BCUT2D eigenvalue weighted by atomic mass is 9.94. The molecule has 5 rings (SSSR count). The second-order valence-electron chi connectivity index (χ2n) is 9.46. The third-order valence-electron chi connectivity index (χ3n) is 6.72. The minimum atomic E-state index is -0.714. The smallest absolute Gasteiger partial charge is 0.412 e. The van der Waals surface area contributed by atoms with Gasteiger partial charge in [-0.3, -0.25) is 10.1 Å². The summed E-state index contributed by atoms with van der Waals surface area (Å²) < 4.78 is 10.8. The van der Waals surface area contributed by atoms with Gasteiger partial charge < -0.3 is 14.4 Å². The maximum Gasteiger partial charge on any atom is 0.412 e. The first-order valence-electron chi connectivity index (χ1n) is 12.1. The number of carbonyl (C=O) groups is 2. The second-order valence-corrected chi connectivity index (χ2v) is 9.46. The zero-order chi connectivity index (χ0) is 26.0. The van der Waals surface area contributed by atoms with E-state index in [4.69, 9.17) is 9.26 Å². The lowest BCUT2D eigenvalue weighted by Gasteiger charge is -2.13. The maximum absolute atomic E-state index is 12.5. The van der Waals surface area contributed by atoms with Crippen molar-refractivity contribution >= 4 is 28.5 Å². The van der Waals surface area contributed by atoms with Gasteiger partial charge in [-0.15, -0.1) is 0 Å². The van der Waals surface area contributed by atoms with Gasteiger partial charge in [0.1, 0.15) is 17.5 Å². The molecule has 3 aromatic carbocycles. The Hall–Kier alpha value is -4.57. The normalized spacial score (nSPS) is 14.3. The van der Waals surface area contributed by atoms with Crippen LogP contribution in [0.5, 0.6) is 0 Å². The molecule has 1 saturated carbocycles. The highest BCUT2D eigenvalue weighted by atomic mass is 16.6. The standard InChI is InChI=1S/C30H26N2O5/c1-19-27(31-29(35)36-20(2)23-6-4-3-5-7-23)26(37-32-19)13-10-21-8-11-25-17-22(9-12-24(25)16-21)18-30(14-15-30)28(33)34/h3-9,11-12,16-17,20H,14-15,18H2,1-2H3,(H,31,35)(H,33,34)/t20-/m1/s1. The average molecular weight is 495 g/mol. The van der Waals surface area contributed by atoms with E-state index in [2.05, 4.69) is 22.3 Å². The number of nitrogens with zero attached hydrogens (tertiary/aromatic N) is 1. The number of carbonyl (C=O) groups excluding carboxylic acids is 1. The zero-order valence-corrected chi connectivity index (χ0v) is 20.6. The van der Waals surface area contributed by atoms with Crippen LogP contribution >= 0.6 is 0 Å². The largest absolute Gasteiger partial charge is 0.481 e. The van der Waals surface area contributed by atoms with Crippen molar-refractivity contribution in [1.82, 2.24) is 5.16 Å². The number of hydrogen-bond acceptors (Lipinski definition) is 5. The van der Waals surface area contributed by atoms with E-state index in [0.29, 0.717) is 17.8 Å². The number of fused-ring (bicyclic) bond motifs is 1. The highest BCUT2D eigenvalue weighted by Gasteiger charge is 2.49. The Kier molecular flexibility index (Phi) is 6.41. The Bertz CT molecular complexity index is 1540. The van der Waals surface area contributed by atoms with Gasteiger partial charge >= 0.3 is 12.1 Å². The van der Waals surface area contributed by atoms with Crippen molar-refractivity contribution < 1.29 is 24.0 Å². The van der Waals surface area contributed by atoms with Crippen LogP contribution in [0.4, 0.5) is 10.5 Å². The van der Waals surface area contributed by atoms with Crippen LogP contribution in [0, 0.1) is 24.2 Å². The number of carboxylic acids is 1. The summed E-state index contributed by atoms with van der Waals surface area (Å²) in [5, 5.41) is 18.1. The lowest BCUT2D eigenvalue weighted by Crippen LogP contribution is -2.17. The first kappa shape index (κ1) is 24.1. The number of amides is 1. The van der Waals surface area contributed by atoms with Gasteiger partial charge in [0.2, 0.25) is 5.76 Å². The number of anilines is 1. The molecule has 4 aromatic rings. The quantitative estimate of drug-likeness (QED) is 0.307. The number of aryl methyl sites for hydroxylation is 1. The van der Waals surface area contributed by atoms with Crippen LogP contribution in [0.15, 0.2) is 71.3 Å². The van der Waals surface area contributed by atoms with Crippen molar-refractivity contribution in [2.24, 2.45) is 5.41 Å². The third kappa shape index (κ3) is 5.34. The van der Waals surface area contributed by atoms with Crippen molar-refractivity contribution in [3.8, 4) is 11.8 Å². The molecular formula is C30H26N2O5. The van der Waals surface area contributed by atoms with E-state index < -0.39 is 23.6 Å². The number of aliphatic carboxylic acids is 1. The highest BCUT2D eigenvalue weighted by Crippen LogP contribution is 2.48. The molecule has 1 aromatic heterocycles. The number of rotatable bonds is 6. The number of carboxylic acid groups (broad SMARTS) is 1. The molecule has 1 heterocycles. The molecule has 1 aliphatic carbocycles. The van der Waals surface area contributed by atoms with Crippen molar-refractivity contribution in [2.45, 2.75) is 39.2 Å². The minimum absolute atomic E-state index is 0.237. The fourth-order valence-electron chi connectivity index (χ4n) is 4.31. The number of nitrogens with one attached hydrogen (secondary N) is 1. The van der Waals surface area contributed by atoms with Crippen LogP contribution in [0.25, 0.3) is 10.8 Å². The predicted molar refractivity (Wildman–Crippen MR) is 139 cm³/mol. The molecule has 7 nitrogen and oxygen atoms in total. The molecule has 7 heteroatoms. The Morgan fingerprint density at radius 2 is 1.81 bits per heavy atom. The van der Waals surface area contributed by atoms with Crippen molar-refractivity contribution in [2.75, 3.05) is 5.32 Å². The Balaban J connectivity index is 1.29. The van der Waals surface area contributed by atoms with Crippen LogP contribution in [0.2, 0.25) is 0 Å². The molecule has 0 bridgehead atoms. The first-order valence-corrected chi connectivity index (χ1v) is 12.1. The topological polar surface area (TPSA) is 102 Å². The molecule has 1 atom stereocenters. The van der Waals surface area contributed by atoms with Crippen molar-refractivity contribution in [1.29, 1.82) is 0 Å². The van der Waals surface area contributed by atoms with E-state index in [1.807, 2.05) is 66.7 Å². The van der Waals surface area contributed by atoms with Crippen molar-refractivity contribution in [3.05, 3.63) is 94.9 Å². The van der Waals surface area contributed by atoms with Gasteiger partial charge in [-0.2, -0.15) is 0 Å². The van der Waals surface area contributed by atoms with E-state index in [9.17, 15) is 14.7 Å². The Morgan fingerprint density at radius 3 is 2.54 bits per heavy atom.